The number of rotatable bonds is 5. The minimum absolute atomic E-state index is 0.0163. The van der Waals surface area contributed by atoms with Crippen LogP contribution in [0.2, 0.25) is 0 Å². The van der Waals surface area contributed by atoms with Gasteiger partial charge in [0.2, 0.25) is 5.91 Å². The number of alkyl halides is 1. The van der Waals surface area contributed by atoms with E-state index in [1.54, 1.807) is 0 Å². The average molecular weight is 305 g/mol. The molecule has 0 atom stereocenters. The first-order valence-corrected chi connectivity index (χ1v) is 6.54. The van der Waals surface area contributed by atoms with Crippen LogP contribution in [-0.4, -0.2) is 18.3 Å². The van der Waals surface area contributed by atoms with Crippen LogP contribution in [0.5, 0.6) is 0 Å². The molecule has 0 fully saturated rings. The highest BCUT2D eigenvalue weighted by Crippen LogP contribution is 2.16. The Morgan fingerprint density at radius 2 is 2.25 bits per heavy atom. The zero-order chi connectivity index (χ0) is 12.0. The standard InChI is InChI=1S/C12H15BrClNO/c1-9-2-3-11(13)8-10(9)5-7-15-12(16)4-6-14/h2-3,8H,4-7H2,1H3,(H,15,16). The third-order valence-electron chi connectivity index (χ3n) is 2.35. The van der Waals surface area contributed by atoms with Crippen molar-refractivity contribution >= 4 is 33.4 Å². The van der Waals surface area contributed by atoms with Crippen molar-refractivity contribution in [2.75, 3.05) is 12.4 Å². The number of nitrogens with one attached hydrogen (secondary N) is 1. The fraction of sp³-hybridized carbons (Fsp3) is 0.417. The lowest BCUT2D eigenvalue weighted by Crippen LogP contribution is -2.25. The van der Waals surface area contributed by atoms with Gasteiger partial charge in [0.25, 0.3) is 0 Å². The van der Waals surface area contributed by atoms with Crippen molar-refractivity contribution in [2.24, 2.45) is 0 Å². The summed E-state index contributed by atoms with van der Waals surface area (Å²) < 4.78 is 1.07. The first-order chi connectivity index (χ1) is 7.63. The molecule has 0 unspecified atom stereocenters. The van der Waals surface area contributed by atoms with Crippen LogP contribution >= 0.6 is 27.5 Å². The number of halogens is 2. The van der Waals surface area contributed by atoms with E-state index in [1.165, 1.54) is 11.1 Å². The van der Waals surface area contributed by atoms with E-state index in [1.807, 2.05) is 6.07 Å². The van der Waals surface area contributed by atoms with E-state index >= 15 is 0 Å². The molecule has 16 heavy (non-hydrogen) atoms. The summed E-state index contributed by atoms with van der Waals surface area (Å²) in [5.74, 6) is 0.393. The van der Waals surface area contributed by atoms with Gasteiger partial charge in [-0.2, -0.15) is 0 Å². The van der Waals surface area contributed by atoms with Crippen molar-refractivity contribution in [3.8, 4) is 0 Å². The summed E-state index contributed by atoms with van der Waals surface area (Å²) in [6.07, 6.45) is 1.23. The van der Waals surface area contributed by atoms with Crippen LogP contribution in [0, 0.1) is 6.92 Å². The van der Waals surface area contributed by atoms with Gasteiger partial charge in [0.05, 0.1) is 0 Å². The number of benzene rings is 1. The highest BCUT2D eigenvalue weighted by molar-refractivity contribution is 9.10. The van der Waals surface area contributed by atoms with Gasteiger partial charge < -0.3 is 5.32 Å². The predicted molar refractivity (Wildman–Crippen MR) is 70.9 cm³/mol. The molecule has 1 aromatic carbocycles. The molecule has 0 saturated heterocycles. The van der Waals surface area contributed by atoms with Crippen LogP contribution in [0.3, 0.4) is 0 Å². The molecule has 0 aliphatic carbocycles. The van der Waals surface area contributed by atoms with Gasteiger partial charge in [0.15, 0.2) is 0 Å². The van der Waals surface area contributed by atoms with Crippen LogP contribution in [0.25, 0.3) is 0 Å². The van der Waals surface area contributed by atoms with Crippen LogP contribution in [-0.2, 0) is 11.2 Å². The van der Waals surface area contributed by atoms with Gasteiger partial charge in [0.1, 0.15) is 0 Å². The first kappa shape index (κ1) is 13.5. The Hall–Kier alpha value is -0.540. The monoisotopic (exact) mass is 303 g/mol. The number of carbonyl (C=O) groups excluding carboxylic acids is 1. The van der Waals surface area contributed by atoms with Crippen molar-refractivity contribution in [3.05, 3.63) is 33.8 Å². The molecule has 2 nitrogen and oxygen atoms in total. The first-order valence-electron chi connectivity index (χ1n) is 5.21. The number of amides is 1. The summed E-state index contributed by atoms with van der Waals surface area (Å²) in [6, 6.07) is 6.17. The van der Waals surface area contributed by atoms with Crippen LogP contribution in [0.1, 0.15) is 17.5 Å². The second-order valence-electron chi connectivity index (χ2n) is 3.61. The molecular weight excluding hydrogens is 289 g/mol. The molecular formula is C12H15BrClNO. The Labute approximate surface area is 110 Å². The quantitative estimate of drug-likeness (QED) is 0.832. The predicted octanol–water partition coefficient (Wildman–Crippen LogP) is 3.05. The molecule has 0 saturated carbocycles. The third-order valence-corrected chi connectivity index (χ3v) is 3.03. The fourth-order valence-corrected chi connectivity index (χ4v) is 2.00. The van der Waals surface area contributed by atoms with Gasteiger partial charge in [0, 0.05) is 23.3 Å². The summed E-state index contributed by atoms with van der Waals surface area (Å²) in [7, 11) is 0. The molecule has 1 rings (SSSR count). The van der Waals surface area contributed by atoms with E-state index in [2.05, 4.69) is 40.3 Å². The second kappa shape index (κ2) is 6.92. The molecule has 4 heteroatoms. The molecule has 0 spiro atoms. The maximum absolute atomic E-state index is 11.2. The maximum Gasteiger partial charge on any atom is 0.221 e. The lowest BCUT2D eigenvalue weighted by molar-refractivity contribution is -0.120. The SMILES string of the molecule is Cc1ccc(Br)cc1CCNC(=O)CCCl. The molecule has 88 valence electrons. The number of hydrogen-bond acceptors (Lipinski definition) is 1. The molecule has 0 bridgehead atoms. The van der Waals surface area contributed by atoms with Gasteiger partial charge >= 0.3 is 0 Å². The van der Waals surface area contributed by atoms with E-state index in [0.717, 1.165) is 10.9 Å². The molecule has 0 aliphatic rings. The number of hydrogen-bond donors (Lipinski definition) is 1. The summed E-state index contributed by atoms with van der Waals surface area (Å²) in [4.78, 5) is 11.2. The molecule has 1 aromatic rings. The highest BCUT2D eigenvalue weighted by Gasteiger charge is 2.02. The lowest BCUT2D eigenvalue weighted by atomic mass is 10.1. The smallest absolute Gasteiger partial charge is 0.221 e. The zero-order valence-electron chi connectivity index (χ0n) is 9.22. The molecule has 1 N–H and O–H groups in total. The Balaban J connectivity index is 2.42. The summed E-state index contributed by atoms with van der Waals surface area (Å²) >= 11 is 8.91. The molecule has 0 heterocycles. The number of aryl methyl sites for hydroxylation is 1. The van der Waals surface area contributed by atoms with E-state index in [-0.39, 0.29) is 5.91 Å². The lowest BCUT2D eigenvalue weighted by Gasteiger charge is -2.07. The van der Waals surface area contributed by atoms with Crippen LogP contribution in [0.15, 0.2) is 22.7 Å². The summed E-state index contributed by atoms with van der Waals surface area (Å²) in [5.41, 5.74) is 2.50. The second-order valence-corrected chi connectivity index (χ2v) is 4.90. The molecule has 0 radical (unpaired) electrons. The molecule has 1 amide bonds. The van der Waals surface area contributed by atoms with Crippen molar-refractivity contribution in [2.45, 2.75) is 19.8 Å². The molecule has 0 aliphatic heterocycles. The van der Waals surface area contributed by atoms with Crippen LogP contribution < -0.4 is 5.32 Å². The maximum atomic E-state index is 11.2. The Kier molecular flexibility index (Phi) is 5.85. The van der Waals surface area contributed by atoms with Crippen LogP contribution in [0.4, 0.5) is 0 Å². The van der Waals surface area contributed by atoms with E-state index < -0.39 is 0 Å². The Morgan fingerprint density at radius 3 is 2.94 bits per heavy atom. The average Bonchev–Trinajstić information content (AvgIpc) is 2.23. The van der Waals surface area contributed by atoms with Gasteiger partial charge in [-0.15, -0.1) is 11.6 Å². The highest BCUT2D eigenvalue weighted by atomic mass is 79.9. The van der Waals surface area contributed by atoms with Gasteiger partial charge in [-0.05, 0) is 36.6 Å². The normalized spacial score (nSPS) is 10.2. The minimum atomic E-state index is 0.0163. The topological polar surface area (TPSA) is 29.1 Å². The van der Waals surface area contributed by atoms with Crippen molar-refractivity contribution in [1.82, 2.24) is 5.32 Å². The van der Waals surface area contributed by atoms with Gasteiger partial charge in [-0.25, -0.2) is 0 Å². The minimum Gasteiger partial charge on any atom is -0.356 e. The van der Waals surface area contributed by atoms with Gasteiger partial charge in [-0.1, -0.05) is 22.0 Å². The van der Waals surface area contributed by atoms with E-state index in [9.17, 15) is 4.79 Å². The Bertz CT molecular complexity index is 368. The van der Waals surface area contributed by atoms with Crippen molar-refractivity contribution in [1.29, 1.82) is 0 Å². The van der Waals surface area contributed by atoms with Crippen molar-refractivity contribution < 1.29 is 4.79 Å². The van der Waals surface area contributed by atoms with Crippen molar-refractivity contribution in [3.63, 3.8) is 0 Å². The van der Waals surface area contributed by atoms with E-state index in [0.29, 0.717) is 18.8 Å². The zero-order valence-corrected chi connectivity index (χ0v) is 11.6. The third kappa shape index (κ3) is 4.54. The summed E-state index contributed by atoms with van der Waals surface area (Å²) in [6.45, 7) is 2.73. The van der Waals surface area contributed by atoms with E-state index in [4.69, 9.17) is 11.6 Å². The molecule has 0 aromatic heterocycles. The largest absolute Gasteiger partial charge is 0.356 e. The number of carbonyl (C=O) groups is 1. The summed E-state index contributed by atoms with van der Waals surface area (Å²) in [5, 5.41) is 2.84. The fourth-order valence-electron chi connectivity index (χ4n) is 1.42. The van der Waals surface area contributed by atoms with Gasteiger partial charge in [-0.3, -0.25) is 4.79 Å². The Morgan fingerprint density at radius 1 is 1.50 bits per heavy atom.